The Labute approximate surface area is 90.7 Å². The molecule has 0 saturated carbocycles. The van der Waals surface area contributed by atoms with Crippen molar-refractivity contribution in [1.29, 1.82) is 0 Å². The summed E-state index contributed by atoms with van der Waals surface area (Å²) >= 11 is 10.8. The Bertz CT molecular complexity index is 484. The number of halogens is 2. The smallest absolute Gasteiger partial charge is 0.253 e. The third-order valence-corrected chi connectivity index (χ3v) is 3.16. The molecule has 76 valence electrons. The van der Waals surface area contributed by atoms with Crippen LogP contribution in [0.4, 0.5) is 0 Å². The molecule has 2 N–H and O–H groups in total. The van der Waals surface area contributed by atoms with Crippen molar-refractivity contribution in [2.45, 2.75) is 4.90 Å². The highest BCUT2D eigenvalue weighted by atomic mass is 35.5. The fourth-order valence-electron chi connectivity index (χ4n) is 0.882. The van der Waals surface area contributed by atoms with Crippen molar-refractivity contribution in [3.05, 3.63) is 28.8 Å². The molecule has 0 unspecified atom stereocenters. The van der Waals surface area contributed by atoms with Gasteiger partial charge in [-0.1, -0.05) is 17.7 Å². The third-order valence-electron chi connectivity index (χ3n) is 1.48. The lowest BCUT2D eigenvalue weighted by atomic mass is 10.2. The van der Waals surface area contributed by atoms with Crippen molar-refractivity contribution in [3.8, 4) is 0 Å². The molecule has 0 atom stereocenters. The number of primary sulfonamides is 1. The van der Waals surface area contributed by atoms with E-state index in [0.717, 1.165) is 0 Å². The second-order valence-electron chi connectivity index (χ2n) is 2.44. The van der Waals surface area contributed by atoms with Gasteiger partial charge in [0.1, 0.15) is 4.90 Å². The highest BCUT2D eigenvalue weighted by Gasteiger charge is 2.17. The van der Waals surface area contributed by atoms with Crippen LogP contribution in [-0.4, -0.2) is 13.7 Å². The first-order valence-electron chi connectivity index (χ1n) is 3.35. The summed E-state index contributed by atoms with van der Waals surface area (Å²) in [6.45, 7) is 0. The predicted molar refractivity (Wildman–Crippen MR) is 53.0 cm³/mol. The summed E-state index contributed by atoms with van der Waals surface area (Å²) in [6, 6.07) is 3.84. The number of nitrogens with two attached hydrogens (primary N) is 1. The van der Waals surface area contributed by atoms with Crippen molar-refractivity contribution >= 4 is 38.5 Å². The fourth-order valence-corrected chi connectivity index (χ4v) is 2.25. The minimum absolute atomic E-state index is 0.0835. The summed E-state index contributed by atoms with van der Waals surface area (Å²) in [4.78, 5) is 10.5. The predicted octanol–water partition coefficient (Wildman–Crippen LogP) is 1.37. The van der Waals surface area contributed by atoms with Gasteiger partial charge in [0.05, 0.1) is 10.6 Å². The minimum Gasteiger partial charge on any atom is -0.276 e. The molecule has 4 nitrogen and oxygen atoms in total. The van der Waals surface area contributed by atoms with Gasteiger partial charge in [-0.15, -0.1) is 0 Å². The summed E-state index contributed by atoms with van der Waals surface area (Å²) in [5, 5.41) is 3.77. The first kappa shape index (κ1) is 11.5. The monoisotopic (exact) mass is 253 g/mol. The van der Waals surface area contributed by atoms with E-state index >= 15 is 0 Å². The van der Waals surface area contributed by atoms with Gasteiger partial charge in [0.15, 0.2) is 0 Å². The Morgan fingerprint density at radius 2 is 1.93 bits per heavy atom. The Hall–Kier alpha value is -0.620. The highest BCUT2D eigenvalue weighted by Crippen LogP contribution is 2.25. The third kappa shape index (κ3) is 2.24. The maximum atomic E-state index is 11.0. The number of hydrogen-bond acceptors (Lipinski definition) is 3. The molecule has 0 fully saturated rings. The van der Waals surface area contributed by atoms with Crippen LogP contribution in [0, 0.1) is 0 Å². The van der Waals surface area contributed by atoms with Crippen LogP contribution in [-0.2, 0) is 10.0 Å². The van der Waals surface area contributed by atoms with Crippen LogP contribution in [0.15, 0.2) is 23.1 Å². The molecular formula is C7H5Cl2NO3S. The normalized spacial score (nSPS) is 11.4. The lowest BCUT2D eigenvalue weighted by Gasteiger charge is -2.03. The Morgan fingerprint density at radius 3 is 2.36 bits per heavy atom. The van der Waals surface area contributed by atoms with Crippen LogP contribution in [0.2, 0.25) is 5.02 Å². The average molecular weight is 254 g/mol. The van der Waals surface area contributed by atoms with Crippen LogP contribution in [0.3, 0.4) is 0 Å². The minimum atomic E-state index is -3.93. The second-order valence-corrected chi connectivity index (χ2v) is 4.69. The zero-order valence-electron chi connectivity index (χ0n) is 6.70. The van der Waals surface area contributed by atoms with E-state index < -0.39 is 15.3 Å². The topological polar surface area (TPSA) is 77.2 Å². The van der Waals surface area contributed by atoms with E-state index in [1.807, 2.05) is 0 Å². The summed E-state index contributed by atoms with van der Waals surface area (Å²) in [5.41, 5.74) is -0.0835. The maximum Gasteiger partial charge on any atom is 0.253 e. The number of sulfonamides is 1. The molecule has 0 spiro atoms. The van der Waals surface area contributed by atoms with Crippen molar-refractivity contribution in [2.75, 3.05) is 0 Å². The van der Waals surface area contributed by atoms with Gasteiger partial charge in [-0.2, -0.15) is 0 Å². The van der Waals surface area contributed by atoms with Crippen molar-refractivity contribution < 1.29 is 13.2 Å². The summed E-state index contributed by atoms with van der Waals surface area (Å²) < 4.78 is 21.9. The standard InChI is InChI=1S/C7H5Cl2NO3S/c8-6-4(7(9)11)2-1-3-5(6)14(10,12)13/h1-3H,(H2,10,12,13). The number of benzene rings is 1. The quantitative estimate of drug-likeness (QED) is 0.809. The first-order valence-corrected chi connectivity index (χ1v) is 5.65. The summed E-state index contributed by atoms with van der Waals surface area (Å²) in [7, 11) is -3.93. The van der Waals surface area contributed by atoms with E-state index in [1.54, 1.807) is 0 Å². The molecule has 1 aromatic rings. The van der Waals surface area contributed by atoms with Gasteiger partial charge >= 0.3 is 0 Å². The molecule has 1 aromatic carbocycles. The van der Waals surface area contributed by atoms with E-state index in [-0.39, 0.29) is 15.5 Å². The molecule has 0 amide bonds. The number of carbonyl (C=O) groups excluding carboxylic acids is 1. The van der Waals surface area contributed by atoms with Gasteiger partial charge in [0.2, 0.25) is 10.0 Å². The zero-order chi connectivity index (χ0) is 10.9. The Morgan fingerprint density at radius 1 is 1.36 bits per heavy atom. The molecule has 1 rings (SSSR count). The lowest BCUT2D eigenvalue weighted by Crippen LogP contribution is -2.13. The molecule has 0 bridgehead atoms. The lowest BCUT2D eigenvalue weighted by molar-refractivity contribution is 0.108. The van der Waals surface area contributed by atoms with Gasteiger partial charge in [-0.05, 0) is 23.7 Å². The molecule has 14 heavy (non-hydrogen) atoms. The number of rotatable bonds is 2. The molecule has 0 aliphatic rings. The van der Waals surface area contributed by atoms with E-state index in [9.17, 15) is 13.2 Å². The highest BCUT2D eigenvalue weighted by molar-refractivity contribution is 7.89. The Balaban J connectivity index is 3.51. The molecule has 0 radical (unpaired) electrons. The van der Waals surface area contributed by atoms with Gasteiger partial charge < -0.3 is 0 Å². The van der Waals surface area contributed by atoms with E-state index in [1.165, 1.54) is 18.2 Å². The molecule has 0 heterocycles. The van der Waals surface area contributed by atoms with Crippen LogP contribution < -0.4 is 5.14 Å². The molecule has 0 aliphatic carbocycles. The summed E-state index contributed by atoms with van der Waals surface area (Å²) in [6.07, 6.45) is 0. The van der Waals surface area contributed by atoms with Crippen molar-refractivity contribution in [1.82, 2.24) is 0 Å². The molecular weight excluding hydrogens is 249 g/mol. The van der Waals surface area contributed by atoms with Crippen LogP contribution in [0.1, 0.15) is 10.4 Å². The van der Waals surface area contributed by atoms with Gasteiger partial charge in [0.25, 0.3) is 5.24 Å². The van der Waals surface area contributed by atoms with Crippen molar-refractivity contribution in [3.63, 3.8) is 0 Å². The average Bonchev–Trinajstić information content (AvgIpc) is 2.01. The Kier molecular flexibility index (Phi) is 3.16. The van der Waals surface area contributed by atoms with Gasteiger partial charge in [0, 0.05) is 0 Å². The van der Waals surface area contributed by atoms with E-state index in [4.69, 9.17) is 28.3 Å². The SMILES string of the molecule is NS(=O)(=O)c1cccc(C(=O)Cl)c1Cl. The molecule has 7 heteroatoms. The fraction of sp³-hybridized carbons (Fsp3) is 0. The van der Waals surface area contributed by atoms with Crippen LogP contribution in [0.5, 0.6) is 0 Å². The zero-order valence-corrected chi connectivity index (χ0v) is 9.03. The first-order chi connectivity index (χ1) is 6.34. The molecule has 0 saturated heterocycles. The van der Waals surface area contributed by atoms with E-state index in [2.05, 4.69) is 0 Å². The maximum absolute atomic E-state index is 11.0. The second kappa shape index (κ2) is 3.86. The van der Waals surface area contributed by atoms with Gasteiger partial charge in [-0.3, -0.25) is 4.79 Å². The van der Waals surface area contributed by atoms with Gasteiger partial charge in [-0.25, -0.2) is 13.6 Å². The van der Waals surface area contributed by atoms with Crippen LogP contribution in [0.25, 0.3) is 0 Å². The van der Waals surface area contributed by atoms with E-state index in [0.29, 0.717) is 0 Å². The van der Waals surface area contributed by atoms with Crippen LogP contribution >= 0.6 is 23.2 Å². The number of carbonyl (C=O) groups is 1. The summed E-state index contributed by atoms with van der Waals surface area (Å²) in [5.74, 6) is 0. The molecule has 0 aromatic heterocycles. The van der Waals surface area contributed by atoms with Crippen molar-refractivity contribution in [2.24, 2.45) is 5.14 Å². The molecule has 0 aliphatic heterocycles. The largest absolute Gasteiger partial charge is 0.276 e. The number of hydrogen-bond donors (Lipinski definition) is 1.